The molecule has 0 aliphatic heterocycles. The number of hydrogen-bond acceptors (Lipinski definition) is 3. The smallest absolute Gasteiger partial charge is 0.326 e. The number of nitrogens with zero attached hydrogens (tertiary/aromatic N) is 1. The highest BCUT2D eigenvalue weighted by Gasteiger charge is 2.52. The summed E-state index contributed by atoms with van der Waals surface area (Å²) in [6, 6.07) is 35.5. The van der Waals surface area contributed by atoms with Gasteiger partial charge in [-0.15, -0.1) is 6.58 Å². The molecule has 5 nitrogen and oxygen atoms in total. The summed E-state index contributed by atoms with van der Waals surface area (Å²) < 4.78 is 0. The first kappa shape index (κ1) is 28.1. The van der Waals surface area contributed by atoms with E-state index in [9.17, 15) is 14.7 Å². The molecule has 5 heteroatoms. The average Bonchev–Trinajstić information content (AvgIpc) is 3.29. The van der Waals surface area contributed by atoms with E-state index >= 15 is 0 Å². The number of fused-ring (bicyclic) bond motifs is 3. The quantitative estimate of drug-likeness (QED) is 0.208. The molecular formula is C36H36N2O3. The Kier molecular flexibility index (Phi) is 8.18. The van der Waals surface area contributed by atoms with Crippen molar-refractivity contribution < 1.29 is 14.7 Å². The number of rotatable bonds is 11. The highest BCUT2D eigenvalue weighted by Crippen LogP contribution is 2.55. The van der Waals surface area contributed by atoms with E-state index in [1.807, 2.05) is 60.7 Å². The lowest BCUT2D eigenvalue weighted by molar-refractivity contribution is -0.144. The highest BCUT2D eigenvalue weighted by atomic mass is 16.4. The van der Waals surface area contributed by atoms with Crippen LogP contribution in [0.25, 0.3) is 11.1 Å². The molecule has 0 unspecified atom stereocenters. The average molecular weight is 545 g/mol. The van der Waals surface area contributed by atoms with Crippen molar-refractivity contribution in [3.05, 3.63) is 144 Å². The third-order valence-electron chi connectivity index (χ3n) is 8.04. The van der Waals surface area contributed by atoms with Crippen LogP contribution in [0.3, 0.4) is 0 Å². The van der Waals surface area contributed by atoms with E-state index in [-0.39, 0.29) is 11.8 Å². The number of carbonyl (C=O) groups is 2. The summed E-state index contributed by atoms with van der Waals surface area (Å²) >= 11 is 0. The number of carboxylic acids is 1. The van der Waals surface area contributed by atoms with Crippen molar-refractivity contribution in [1.29, 1.82) is 0 Å². The molecular weight excluding hydrogens is 508 g/mol. The van der Waals surface area contributed by atoms with Gasteiger partial charge in [-0.25, -0.2) is 4.79 Å². The second-order valence-corrected chi connectivity index (χ2v) is 10.9. The van der Waals surface area contributed by atoms with Crippen LogP contribution in [0.4, 0.5) is 0 Å². The monoisotopic (exact) mass is 544 g/mol. The summed E-state index contributed by atoms with van der Waals surface area (Å²) in [5.74, 6) is -1.66. The summed E-state index contributed by atoms with van der Waals surface area (Å²) in [5.41, 5.74) is 5.67. The SMILES string of the molecule is C=CC[C@@H](C(=O)N[C@H](C(=O)O)C(C)C)N(Cc1ccccc1)C1(c2ccccc2)c2ccccc2-c2ccccc21. The van der Waals surface area contributed by atoms with Crippen LogP contribution >= 0.6 is 0 Å². The van der Waals surface area contributed by atoms with E-state index in [0.29, 0.717) is 13.0 Å². The summed E-state index contributed by atoms with van der Waals surface area (Å²) in [6.07, 6.45) is 2.08. The molecule has 1 amide bonds. The van der Waals surface area contributed by atoms with Gasteiger partial charge in [0.25, 0.3) is 0 Å². The minimum atomic E-state index is -1.05. The predicted octanol–water partition coefficient (Wildman–Crippen LogP) is 6.63. The predicted molar refractivity (Wildman–Crippen MR) is 163 cm³/mol. The second kappa shape index (κ2) is 11.9. The molecule has 0 saturated heterocycles. The molecule has 2 atom stereocenters. The molecule has 0 saturated carbocycles. The van der Waals surface area contributed by atoms with Crippen LogP contribution in [0.5, 0.6) is 0 Å². The Hall–Kier alpha value is -4.48. The fourth-order valence-electron chi connectivity index (χ4n) is 6.22. The van der Waals surface area contributed by atoms with Gasteiger partial charge < -0.3 is 10.4 Å². The molecule has 0 bridgehead atoms. The molecule has 2 N–H and O–H groups in total. The van der Waals surface area contributed by atoms with Crippen molar-refractivity contribution in [3.63, 3.8) is 0 Å². The molecule has 1 aliphatic rings. The van der Waals surface area contributed by atoms with Gasteiger partial charge in [0.15, 0.2) is 0 Å². The van der Waals surface area contributed by atoms with E-state index in [1.54, 1.807) is 19.9 Å². The van der Waals surface area contributed by atoms with Crippen LogP contribution < -0.4 is 5.32 Å². The van der Waals surface area contributed by atoms with Crippen LogP contribution in [0.1, 0.15) is 42.5 Å². The third kappa shape index (κ3) is 5.09. The summed E-state index contributed by atoms with van der Waals surface area (Å²) in [5, 5.41) is 12.8. The lowest BCUT2D eigenvalue weighted by Gasteiger charge is -2.47. The number of hydrogen-bond donors (Lipinski definition) is 2. The molecule has 1 aliphatic carbocycles. The van der Waals surface area contributed by atoms with Gasteiger partial charge in [-0.2, -0.15) is 0 Å². The lowest BCUT2D eigenvalue weighted by atomic mass is 9.77. The molecule has 0 aromatic heterocycles. The molecule has 4 aromatic carbocycles. The second-order valence-electron chi connectivity index (χ2n) is 10.9. The van der Waals surface area contributed by atoms with Gasteiger partial charge in [-0.3, -0.25) is 9.69 Å². The summed E-state index contributed by atoms with van der Waals surface area (Å²) in [4.78, 5) is 28.7. The normalized spacial score (nSPS) is 14.6. The van der Waals surface area contributed by atoms with Gasteiger partial charge in [0.2, 0.25) is 5.91 Å². The zero-order chi connectivity index (χ0) is 29.0. The first-order valence-corrected chi connectivity index (χ1v) is 14.1. The summed E-state index contributed by atoms with van der Waals surface area (Å²) in [6.45, 7) is 8.07. The number of amides is 1. The Balaban J connectivity index is 1.80. The van der Waals surface area contributed by atoms with E-state index in [2.05, 4.69) is 65.3 Å². The van der Waals surface area contributed by atoms with Gasteiger partial charge in [-0.1, -0.05) is 129 Å². The number of carbonyl (C=O) groups excluding carboxylic acids is 1. The van der Waals surface area contributed by atoms with Crippen molar-refractivity contribution >= 4 is 11.9 Å². The van der Waals surface area contributed by atoms with Crippen molar-refractivity contribution in [2.45, 2.75) is 44.4 Å². The molecule has 0 spiro atoms. The Labute approximate surface area is 242 Å². The largest absolute Gasteiger partial charge is 0.480 e. The third-order valence-corrected chi connectivity index (χ3v) is 8.04. The first-order chi connectivity index (χ1) is 19.9. The van der Waals surface area contributed by atoms with E-state index in [4.69, 9.17) is 0 Å². The zero-order valence-corrected chi connectivity index (χ0v) is 23.5. The van der Waals surface area contributed by atoms with Crippen molar-refractivity contribution in [3.8, 4) is 11.1 Å². The van der Waals surface area contributed by atoms with Gasteiger partial charge in [0.05, 0.1) is 11.6 Å². The molecule has 208 valence electrons. The first-order valence-electron chi connectivity index (χ1n) is 14.1. The molecule has 5 rings (SSSR count). The van der Waals surface area contributed by atoms with Gasteiger partial charge >= 0.3 is 5.97 Å². The Morgan fingerprint density at radius 1 is 0.829 bits per heavy atom. The topological polar surface area (TPSA) is 69.6 Å². The Morgan fingerprint density at radius 2 is 1.34 bits per heavy atom. The summed E-state index contributed by atoms with van der Waals surface area (Å²) in [7, 11) is 0. The van der Waals surface area contributed by atoms with E-state index in [0.717, 1.165) is 33.4 Å². The van der Waals surface area contributed by atoms with Crippen molar-refractivity contribution in [2.24, 2.45) is 5.92 Å². The Bertz CT molecular complexity index is 1490. The molecule has 0 heterocycles. The fourth-order valence-corrected chi connectivity index (χ4v) is 6.22. The molecule has 0 radical (unpaired) electrons. The standard InChI is InChI=1S/C36H36N2O3/c1-4-15-32(34(39)37-33(25(2)3)35(40)41)38(24-26-16-7-5-8-17-26)36(27-18-9-6-10-19-27)30-22-13-11-20-28(30)29-21-12-14-23-31(29)36/h4-14,16-23,25,32-33H,1,15,24H2,2-3H3,(H,37,39)(H,40,41)/t32-,33-/m0/s1. The van der Waals surface area contributed by atoms with E-state index < -0.39 is 23.6 Å². The van der Waals surface area contributed by atoms with Crippen LogP contribution in [-0.4, -0.2) is 34.0 Å². The van der Waals surface area contributed by atoms with Gasteiger partial charge in [-0.05, 0) is 45.7 Å². The molecule has 41 heavy (non-hydrogen) atoms. The minimum Gasteiger partial charge on any atom is -0.480 e. The van der Waals surface area contributed by atoms with E-state index in [1.165, 1.54) is 0 Å². The lowest BCUT2D eigenvalue weighted by Crippen LogP contribution is -2.58. The van der Waals surface area contributed by atoms with Crippen LogP contribution in [0.2, 0.25) is 0 Å². The molecule has 4 aromatic rings. The number of benzene rings is 4. The number of nitrogens with one attached hydrogen (secondary N) is 1. The maximum atomic E-state index is 14.3. The number of aliphatic carboxylic acids is 1. The Morgan fingerprint density at radius 3 is 1.85 bits per heavy atom. The molecule has 0 fully saturated rings. The number of carboxylic acid groups (broad SMARTS) is 1. The maximum Gasteiger partial charge on any atom is 0.326 e. The van der Waals surface area contributed by atoms with Crippen LogP contribution in [0, 0.1) is 5.92 Å². The fraction of sp³-hybridized carbons (Fsp3) is 0.222. The maximum absolute atomic E-state index is 14.3. The van der Waals surface area contributed by atoms with Gasteiger partial charge in [0.1, 0.15) is 6.04 Å². The zero-order valence-electron chi connectivity index (χ0n) is 23.5. The van der Waals surface area contributed by atoms with Crippen molar-refractivity contribution in [2.75, 3.05) is 0 Å². The van der Waals surface area contributed by atoms with Crippen molar-refractivity contribution in [1.82, 2.24) is 10.2 Å². The van der Waals surface area contributed by atoms with Crippen LogP contribution in [0.15, 0.2) is 122 Å². The van der Waals surface area contributed by atoms with Gasteiger partial charge in [0, 0.05) is 6.54 Å². The highest BCUT2D eigenvalue weighted by molar-refractivity contribution is 5.89. The minimum absolute atomic E-state index is 0.278. The van der Waals surface area contributed by atoms with Crippen LogP contribution in [-0.2, 0) is 21.7 Å².